The monoisotopic (exact) mass is 401 g/mol. The first-order valence-corrected chi connectivity index (χ1v) is 10.1. The van der Waals surface area contributed by atoms with Crippen LogP contribution >= 0.6 is 11.8 Å². The second-order valence-electron chi connectivity index (χ2n) is 6.84. The highest BCUT2D eigenvalue weighted by atomic mass is 32.2. The molecule has 4 N–H and O–H groups in total. The molecule has 0 amide bonds. The molecule has 1 unspecified atom stereocenters. The number of thioether (sulfide) groups is 1. The molecule has 28 heavy (non-hydrogen) atoms. The predicted molar refractivity (Wildman–Crippen MR) is 108 cm³/mol. The number of aliphatic hydroxyl groups is 2. The highest BCUT2D eigenvalue weighted by Gasteiger charge is 2.37. The molecular formula is C21H23NO5S. The van der Waals surface area contributed by atoms with Crippen molar-refractivity contribution in [1.29, 1.82) is 0 Å². The zero-order valence-corrected chi connectivity index (χ0v) is 16.1. The van der Waals surface area contributed by atoms with E-state index in [9.17, 15) is 14.7 Å². The number of carbonyl (C=O) groups excluding carboxylic acids is 2. The van der Waals surface area contributed by atoms with Crippen LogP contribution in [0.5, 0.6) is 0 Å². The van der Waals surface area contributed by atoms with Crippen molar-refractivity contribution in [2.24, 2.45) is 5.73 Å². The van der Waals surface area contributed by atoms with E-state index in [1.165, 1.54) is 0 Å². The number of nitrogens with two attached hydrogens (primary N) is 1. The lowest BCUT2D eigenvalue weighted by molar-refractivity contribution is -0.150. The maximum atomic E-state index is 12.5. The molecule has 6 nitrogen and oxygen atoms in total. The fourth-order valence-electron chi connectivity index (χ4n) is 3.29. The molecule has 0 spiro atoms. The smallest absolute Gasteiger partial charge is 0.334 e. The summed E-state index contributed by atoms with van der Waals surface area (Å²) >= 11 is 1.11. The van der Waals surface area contributed by atoms with Gasteiger partial charge in [-0.2, -0.15) is 11.8 Å². The molecule has 2 aromatic carbocycles. The minimum atomic E-state index is -1.79. The molecule has 2 atom stereocenters. The van der Waals surface area contributed by atoms with Crippen LogP contribution in [-0.4, -0.2) is 58.8 Å². The Balaban J connectivity index is 1.69. The van der Waals surface area contributed by atoms with Crippen molar-refractivity contribution in [3.63, 3.8) is 0 Å². The normalized spacial score (nSPS) is 16.0. The summed E-state index contributed by atoms with van der Waals surface area (Å²) in [5.41, 5.74) is 8.52. The van der Waals surface area contributed by atoms with Gasteiger partial charge in [0.25, 0.3) is 0 Å². The van der Waals surface area contributed by atoms with Crippen LogP contribution in [0.3, 0.4) is 0 Å². The Morgan fingerprint density at radius 3 is 2.29 bits per heavy atom. The Morgan fingerprint density at radius 2 is 1.75 bits per heavy atom. The molecule has 0 saturated heterocycles. The molecule has 0 radical (unpaired) electrons. The number of ether oxygens (including phenoxy) is 1. The molecule has 0 bridgehead atoms. The molecular weight excluding hydrogens is 378 g/mol. The number of benzene rings is 2. The third-order valence-electron chi connectivity index (χ3n) is 4.80. The first kappa shape index (κ1) is 20.5. The van der Waals surface area contributed by atoms with Gasteiger partial charge in [-0.1, -0.05) is 48.5 Å². The Kier molecular flexibility index (Phi) is 6.51. The SMILES string of the molecule is NC(C=O)(CSC[C@H](O)CO)C(=O)OCC1c2ccccc2-c2ccccc21. The molecule has 0 fully saturated rings. The fraction of sp³-hybridized carbons (Fsp3) is 0.333. The Labute approximate surface area is 167 Å². The van der Waals surface area contributed by atoms with E-state index in [0.29, 0.717) is 6.29 Å². The third-order valence-corrected chi connectivity index (χ3v) is 6.10. The van der Waals surface area contributed by atoms with Crippen LogP contribution in [0.4, 0.5) is 0 Å². The molecule has 7 heteroatoms. The van der Waals surface area contributed by atoms with Crippen molar-refractivity contribution < 1.29 is 24.5 Å². The largest absolute Gasteiger partial charge is 0.463 e. The minimum Gasteiger partial charge on any atom is -0.463 e. The lowest BCUT2D eigenvalue weighted by atomic mass is 9.98. The Morgan fingerprint density at radius 1 is 1.18 bits per heavy atom. The van der Waals surface area contributed by atoms with Crippen LogP contribution in [0.1, 0.15) is 17.0 Å². The molecule has 0 aromatic heterocycles. The van der Waals surface area contributed by atoms with Gasteiger partial charge in [0.05, 0.1) is 12.7 Å². The van der Waals surface area contributed by atoms with Gasteiger partial charge in [-0.05, 0) is 22.3 Å². The van der Waals surface area contributed by atoms with E-state index in [-0.39, 0.29) is 24.0 Å². The van der Waals surface area contributed by atoms with Gasteiger partial charge in [-0.3, -0.25) is 0 Å². The number of rotatable bonds is 9. The van der Waals surface area contributed by atoms with Crippen molar-refractivity contribution in [2.75, 3.05) is 24.7 Å². The number of fused-ring (bicyclic) bond motifs is 3. The number of esters is 1. The maximum absolute atomic E-state index is 12.5. The zero-order valence-electron chi connectivity index (χ0n) is 15.3. The second-order valence-corrected chi connectivity index (χ2v) is 7.87. The van der Waals surface area contributed by atoms with E-state index < -0.39 is 24.2 Å². The van der Waals surface area contributed by atoms with Gasteiger partial charge in [-0.25, -0.2) is 4.79 Å². The van der Waals surface area contributed by atoms with Gasteiger partial charge in [0.15, 0.2) is 11.8 Å². The molecule has 1 aliphatic carbocycles. The zero-order chi connectivity index (χ0) is 20.1. The first-order valence-electron chi connectivity index (χ1n) is 8.97. The quantitative estimate of drug-likeness (QED) is 0.330. The van der Waals surface area contributed by atoms with E-state index in [2.05, 4.69) is 0 Å². The van der Waals surface area contributed by atoms with Crippen LogP contribution in [0.25, 0.3) is 11.1 Å². The molecule has 148 valence electrons. The third kappa shape index (κ3) is 4.12. The number of aldehydes is 1. The summed E-state index contributed by atoms with van der Waals surface area (Å²) in [7, 11) is 0. The molecule has 1 aliphatic rings. The minimum absolute atomic E-state index is 0.0375. The summed E-state index contributed by atoms with van der Waals surface area (Å²) in [6, 6.07) is 15.9. The van der Waals surface area contributed by atoms with E-state index in [4.69, 9.17) is 15.6 Å². The Hall–Kier alpha value is -2.19. The molecule has 0 saturated carbocycles. The summed E-state index contributed by atoms with van der Waals surface area (Å²) in [6.07, 6.45) is -0.548. The van der Waals surface area contributed by atoms with Crippen molar-refractivity contribution in [2.45, 2.75) is 17.6 Å². The second kappa shape index (κ2) is 8.87. The topological polar surface area (TPSA) is 110 Å². The standard InChI is InChI=1S/C21H23NO5S/c22-21(12-24,13-28-11-14(25)9-23)20(26)27-10-19-17-7-3-1-5-15(17)16-6-2-4-8-18(16)19/h1-8,12,14,19,23,25H,9-11,13,22H2/t14-,21?/m1/s1. The van der Waals surface area contributed by atoms with Crippen LogP contribution in [-0.2, 0) is 14.3 Å². The molecule has 0 aliphatic heterocycles. The average molecular weight is 401 g/mol. The maximum Gasteiger partial charge on any atom is 0.334 e. The van der Waals surface area contributed by atoms with E-state index in [1.807, 2.05) is 48.5 Å². The number of hydrogen-bond donors (Lipinski definition) is 3. The first-order chi connectivity index (χ1) is 13.5. The fourth-order valence-corrected chi connectivity index (χ4v) is 4.31. The summed E-state index contributed by atoms with van der Waals surface area (Å²) < 4.78 is 5.46. The summed E-state index contributed by atoms with van der Waals surface area (Å²) in [5.74, 6) is -0.782. The average Bonchev–Trinajstić information content (AvgIpc) is 3.05. The van der Waals surface area contributed by atoms with Crippen LogP contribution < -0.4 is 5.73 Å². The van der Waals surface area contributed by atoms with Crippen molar-refractivity contribution >= 4 is 24.0 Å². The van der Waals surface area contributed by atoms with Crippen LogP contribution in [0.15, 0.2) is 48.5 Å². The van der Waals surface area contributed by atoms with Crippen molar-refractivity contribution in [3.05, 3.63) is 59.7 Å². The summed E-state index contributed by atoms with van der Waals surface area (Å²) in [5, 5.41) is 18.2. The molecule has 2 aromatic rings. The lowest BCUT2D eigenvalue weighted by Crippen LogP contribution is -2.53. The van der Waals surface area contributed by atoms with E-state index >= 15 is 0 Å². The van der Waals surface area contributed by atoms with Crippen molar-refractivity contribution in [1.82, 2.24) is 0 Å². The highest BCUT2D eigenvalue weighted by molar-refractivity contribution is 7.99. The van der Waals surface area contributed by atoms with E-state index in [0.717, 1.165) is 34.0 Å². The number of carbonyl (C=O) groups is 2. The lowest BCUT2D eigenvalue weighted by Gasteiger charge is -2.23. The van der Waals surface area contributed by atoms with Gasteiger partial charge in [0.2, 0.25) is 0 Å². The van der Waals surface area contributed by atoms with E-state index in [1.54, 1.807) is 0 Å². The van der Waals surface area contributed by atoms with Gasteiger partial charge in [-0.15, -0.1) is 0 Å². The number of aliphatic hydroxyl groups excluding tert-OH is 2. The molecule has 0 heterocycles. The van der Waals surface area contributed by atoms with Crippen LogP contribution in [0, 0.1) is 0 Å². The number of hydrogen-bond acceptors (Lipinski definition) is 7. The van der Waals surface area contributed by atoms with Gasteiger partial charge < -0.3 is 25.5 Å². The van der Waals surface area contributed by atoms with Gasteiger partial charge in [0, 0.05) is 17.4 Å². The highest BCUT2D eigenvalue weighted by Crippen LogP contribution is 2.44. The molecule has 3 rings (SSSR count). The van der Waals surface area contributed by atoms with Gasteiger partial charge >= 0.3 is 5.97 Å². The Bertz CT molecular complexity index is 813. The summed E-state index contributed by atoms with van der Waals surface area (Å²) in [4.78, 5) is 24.0. The summed E-state index contributed by atoms with van der Waals surface area (Å²) in [6.45, 7) is -0.305. The van der Waals surface area contributed by atoms with Gasteiger partial charge in [0.1, 0.15) is 6.61 Å². The predicted octanol–water partition coefficient (Wildman–Crippen LogP) is 1.32. The van der Waals surface area contributed by atoms with Crippen molar-refractivity contribution in [3.8, 4) is 11.1 Å². The van der Waals surface area contributed by atoms with Crippen LogP contribution in [0.2, 0.25) is 0 Å².